The minimum atomic E-state index is -0.305. The highest BCUT2D eigenvalue weighted by Gasteiger charge is 2.17. The zero-order valence-electron chi connectivity index (χ0n) is 15.6. The van der Waals surface area contributed by atoms with Crippen LogP contribution in [-0.2, 0) is 6.42 Å². The Balaban J connectivity index is 1.42. The highest BCUT2D eigenvalue weighted by molar-refractivity contribution is 7.15. The maximum atomic E-state index is 12.5. The number of benzene rings is 1. The summed E-state index contributed by atoms with van der Waals surface area (Å²) in [5.74, 6) is 0.519. The Hall–Kier alpha value is -2.94. The van der Waals surface area contributed by atoms with Gasteiger partial charge in [-0.2, -0.15) is 4.98 Å². The van der Waals surface area contributed by atoms with Crippen molar-refractivity contribution in [1.82, 2.24) is 15.1 Å². The monoisotopic (exact) mass is 398 g/mol. The molecule has 0 bridgehead atoms. The fourth-order valence-corrected chi connectivity index (χ4v) is 4.06. The summed E-state index contributed by atoms with van der Waals surface area (Å²) in [5.41, 5.74) is 3.07. The third-order valence-electron chi connectivity index (χ3n) is 4.60. The molecule has 3 heterocycles. The SMILES string of the molecule is Cc1ccc(NC(=O)Nc2ncc(Cc3ncno3)s2)c(N2CCCCC2)c1. The Bertz CT molecular complexity index is 934. The fraction of sp³-hybridized carbons (Fsp3) is 0.368. The van der Waals surface area contributed by atoms with Crippen molar-refractivity contribution in [3.63, 3.8) is 0 Å². The lowest BCUT2D eigenvalue weighted by molar-refractivity contribution is 0.262. The van der Waals surface area contributed by atoms with Crippen molar-refractivity contribution in [2.75, 3.05) is 28.6 Å². The number of aryl methyl sites for hydroxylation is 1. The Labute approximate surface area is 167 Å². The molecule has 0 unspecified atom stereocenters. The molecule has 1 fully saturated rings. The zero-order valence-corrected chi connectivity index (χ0v) is 16.5. The molecule has 1 aliphatic heterocycles. The molecule has 2 amide bonds. The molecule has 2 aromatic heterocycles. The van der Waals surface area contributed by atoms with Gasteiger partial charge in [0.1, 0.15) is 0 Å². The van der Waals surface area contributed by atoms with E-state index < -0.39 is 0 Å². The summed E-state index contributed by atoms with van der Waals surface area (Å²) in [4.78, 5) is 24.0. The topological polar surface area (TPSA) is 96.2 Å². The molecular formula is C19H22N6O2S. The molecule has 8 nitrogen and oxygen atoms in total. The first-order chi connectivity index (χ1) is 13.7. The largest absolute Gasteiger partial charge is 0.370 e. The van der Waals surface area contributed by atoms with Gasteiger partial charge in [-0.25, -0.2) is 9.78 Å². The molecule has 0 radical (unpaired) electrons. The van der Waals surface area contributed by atoms with Gasteiger partial charge in [0.05, 0.1) is 17.8 Å². The van der Waals surface area contributed by atoms with Gasteiger partial charge in [0.15, 0.2) is 11.5 Å². The maximum absolute atomic E-state index is 12.5. The third kappa shape index (κ3) is 4.48. The smallest absolute Gasteiger partial charge is 0.325 e. The van der Waals surface area contributed by atoms with Crippen LogP contribution < -0.4 is 15.5 Å². The number of urea groups is 1. The Morgan fingerprint density at radius 2 is 2.07 bits per heavy atom. The molecule has 3 aromatic rings. The van der Waals surface area contributed by atoms with E-state index in [9.17, 15) is 4.79 Å². The van der Waals surface area contributed by atoms with Crippen LogP contribution in [0, 0.1) is 6.92 Å². The highest BCUT2D eigenvalue weighted by atomic mass is 32.1. The van der Waals surface area contributed by atoms with Crippen LogP contribution in [0.4, 0.5) is 21.3 Å². The predicted molar refractivity (Wildman–Crippen MR) is 109 cm³/mol. The van der Waals surface area contributed by atoms with Gasteiger partial charge in [-0.1, -0.05) is 11.2 Å². The molecule has 9 heteroatoms. The lowest BCUT2D eigenvalue weighted by Crippen LogP contribution is -2.31. The number of hydrogen-bond donors (Lipinski definition) is 2. The van der Waals surface area contributed by atoms with Crippen molar-refractivity contribution in [2.24, 2.45) is 0 Å². The van der Waals surface area contributed by atoms with Crippen molar-refractivity contribution in [3.8, 4) is 0 Å². The van der Waals surface area contributed by atoms with Crippen LogP contribution in [0.1, 0.15) is 35.6 Å². The number of nitrogens with zero attached hydrogens (tertiary/aromatic N) is 4. The van der Waals surface area contributed by atoms with Crippen LogP contribution in [0.5, 0.6) is 0 Å². The van der Waals surface area contributed by atoms with Crippen molar-refractivity contribution in [1.29, 1.82) is 0 Å². The molecule has 4 rings (SSSR count). The molecule has 28 heavy (non-hydrogen) atoms. The quantitative estimate of drug-likeness (QED) is 0.673. The van der Waals surface area contributed by atoms with E-state index in [1.807, 2.05) is 12.1 Å². The van der Waals surface area contributed by atoms with E-state index in [0.29, 0.717) is 17.4 Å². The van der Waals surface area contributed by atoms with E-state index in [1.165, 1.54) is 42.5 Å². The predicted octanol–water partition coefficient (Wildman–Crippen LogP) is 4.06. The van der Waals surface area contributed by atoms with Crippen LogP contribution in [0.15, 0.2) is 35.2 Å². The van der Waals surface area contributed by atoms with Crippen molar-refractivity contribution < 1.29 is 9.32 Å². The Morgan fingerprint density at radius 3 is 2.86 bits per heavy atom. The van der Waals surface area contributed by atoms with E-state index in [4.69, 9.17) is 4.52 Å². The molecule has 2 N–H and O–H groups in total. The summed E-state index contributed by atoms with van der Waals surface area (Å²) in [6.45, 7) is 4.11. The summed E-state index contributed by atoms with van der Waals surface area (Å²) < 4.78 is 5.00. The van der Waals surface area contributed by atoms with E-state index in [0.717, 1.165) is 29.3 Å². The molecule has 1 saturated heterocycles. The minimum absolute atomic E-state index is 0.305. The van der Waals surface area contributed by atoms with Crippen LogP contribution >= 0.6 is 11.3 Å². The number of anilines is 3. The molecule has 1 aliphatic rings. The third-order valence-corrected chi connectivity index (χ3v) is 5.52. The molecule has 0 spiro atoms. The number of nitrogens with one attached hydrogen (secondary N) is 2. The minimum Gasteiger partial charge on any atom is -0.370 e. The van der Waals surface area contributed by atoms with E-state index in [2.05, 4.69) is 43.6 Å². The first-order valence-electron chi connectivity index (χ1n) is 9.31. The maximum Gasteiger partial charge on any atom is 0.325 e. The number of carbonyl (C=O) groups excluding carboxylic acids is 1. The first-order valence-corrected chi connectivity index (χ1v) is 10.1. The van der Waals surface area contributed by atoms with Crippen LogP contribution in [-0.4, -0.2) is 34.2 Å². The first kappa shape index (κ1) is 18.4. The average Bonchev–Trinajstić information content (AvgIpc) is 3.36. The Kier molecular flexibility index (Phi) is 5.52. The summed E-state index contributed by atoms with van der Waals surface area (Å²) in [6.07, 6.45) is 7.20. The lowest BCUT2D eigenvalue weighted by Gasteiger charge is -2.30. The summed E-state index contributed by atoms with van der Waals surface area (Å²) in [6, 6.07) is 5.80. The zero-order chi connectivity index (χ0) is 19.3. The summed E-state index contributed by atoms with van der Waals surface area (Å²) >= 11 is 1.38. The van der Waals surface area contributed by atoms with Gasteiger partial charge >= 0.3 is 6.03 Å². The van der Waals surface area contributed by atoms with Gasteiger partial charge < -0.3 is 14.7 Å². The van der Waals surface area contributed by atoms with Crippen LogP contribution in [0.3, 0.4) is 0 Å². The van der Waals surface area contributed by atoms with Gasteiger partial charge in [0.25, 0.3) is 0 Å². The molecular weight excluding hydrogens is 376 g/mol. The molecule has 1 aromatic carbocycles. The lowest BCUT2D eigenvalue weighted by atomic mass is 10.1. The van der Waals surface area contributed by atoms with E-state index >= 15 is 0 Å². The van der Waals surface area contributed by atoms with Gasteiger partial charge in [0.2, 0.25) is 5.89 Å². The average molecular weight is 398 g/mol. The normalized spacial score (nSPS) is 14.1. The number of hydrogen-bond acceptors (Lipinski definition) is 7. The number of piperidine rings is 1. The number of rotatable bonds is 5. The second-order valence-electron chi connectivity index (χ2n) is 6.79. The number of thiazole rings is 1. The van der Waals surface area contributed by atoms with Crippen LogP contribution in [0.2, 0.25) is 0 Å². The fourth-order valence-electron chi connectivity index (χ4n) is 3.26. The van der Waals surface area contributed by atoms with Crippen LogP contribution in [0.25, 0.3) is 0 Å². The molecule has 146 valence electrons. The summed E-state index contributed by atoms with van der Waals surface area (Å²) in [5, 5.41) is 9.89. The second-order valence-corrected chi connectivity index (χ2v) is 7.91. The van der Waals surface area contributed by atoms with Gasteiger partial charge in [0, 0.05) is 24.2 Å². The molecule has 0 aliphatic carbocycles. The van der Waals surface area contributed by atoms with Crippen molar-refractivity contribution >= 4 is 33.9 Å². The number of aromatic nitrogens is 3. The Morgan fingerprint density at radius 1 is 1.21 bits per heavy atom. The molecule has 0 atom stereocenters. The van der Waals surface area contributed by atoms with Gasteiger partial charge in [-0.15, -0.1) is 11.3 Å². The van der Waals surface area contributed by atoms with E-state index in [1.54, 1.807) is 6.20 Å². The summed E-state index contributed by atoms with van der Waals surface area (Å²) in [7, 11) is 0. The standard InChI is InChI=1S/C19H22N6O2S/c1-13-5-6-15(16(9-13)25-7-3-2-4-8-25)23-18(26)24-19-20-11-14(28-19)10-17-21-12-22-27-17/h5-6,9,11-12H,2-4,7-8,10H2,1H3,(H2,20,23,24,26). The highest BCUT2D eigenvalue weighted by Crippen LogP contribution is 2.30. The number of carbonyl (C=O) groups is 1. The molecule has 0 saturated carbocycles. The van der Waals surface area contributed by atoms with Crippen molar-refractivity contribution in [2.45, 2.75) is 32.6 Å². The second kappa shape index (κ2) is 8.39. The van der Waals surface area contributed by atoms with Gasteiger partial charge in [-0.05, 0) is 43.9 Å². The van der Waals surface area contributed by atoms with E-state index in [-0.39, 0.29) is 6.03 Å². The van der Waals surface area contributed by atoms with Gasteiger partial charge in [-0.3, -0.25) is 5.32 Å². The number of amides is 2. The van der Waals surface area contributed by atoms with Crippen molar-refractivity contribution in [3.05, 3.63) is 47.1 Å².